The molecule has 1 fully saturated rings. The molecule has 1 atom stereocenters. The van der Waals surface area contributed by atoms with Gasteiger partial charge in [-0.05, 0) is 36.8 Å². The summed E-state index contributed by atoms with van der Waals surface area (Å²) in [6, 6.07) is 7.36. The van der Waals surface area contributed by atoms with Crippen LogP contribution in [-0.2, 0) is 19.7 Å². The zero-order valence-corrected chi connectivity index (χ0v) is 17.8. The summed E-state index contributed by atoms with van der Waals surface area (Å²) in [6.45, 7) is 0. The molecule has 11 heteroatoms. The van der Waals surface area contributed by atoms with Crippen molar-refractivity contribution >= 4 is 31.3 Å². The van der Waals surface area contributed by atoms with E-state index in [4.69, 9.17) is 9.47 Å². The van der Waals surface area contributed by atoms with Gasteiger partial charge in [-0.2, -0.15) is 0 Å². The van der Waals surface area contributed by atoms with Gasteiger partial charge in [-0.3, -0.25) is 4.79 Å². The summed E-state index contributed by atoms with van der Waals surface area (Å²) in [4.78, 5) is 12.3. The van der Waals surface area contributed by atoms with E-state index in [1.54, 1.807) is 6.07 Å². The van der Waals surface area contributed by atoms with E-state index >= 15 is 0 Å². The lowest BCUT2D eigenvalue weighted by Gasteiger charge is -2.13. The van der Waals surface area contributed by atoms with Gasteiger partial charge >= 0.3 is 0 Å². The zero-order chi connectivity index (χ0) is 22.1. The molecule has 162 valence electrons. The van der Waals surface area contributed by atoms with Crippen LogP contribution >= 0.6 is 0 Å². The average molecular weight is 458 g/mol. The molecule has 1 unspecified atom stereocenters. The second-order valence-corrected chi connectivity index (χ2v) is 11.2. The van der Waals surface area contributed by atoms with Gasteiger partial charge in [0.2, 0.25) is 0 Å². The second kappa shape index (κ2) is 8.23. The SMILES string of the molecule is COc1ccc(NC(=O)c2cc(S(=O)(=O)C3CCS(=O)(=O)C3)ccc2F)cc1OC. The minimum absolute atomic E-state index is 0.0325. The van der Waals surface area contributed by atoms with E-state index in [0.29, 0.717) is 11.5 Å². The fourth-order valence-corrected chi connectivity index (χ4v) is 7.55. The monoisotopic (exact) mass is 457 g/mol. The van der Waals surface area contributed by atoms with Crippen LogP contribution in [0.1, 0.15) is 16.8 Å². The molecule has 1 saturated heterocycles. The number of methoxy groups -OCH3 is 2. The minimum Gasteiger partial charge on any atom is -0.493 e. The lowest BCUT2D eigenvalue weighted by molar-refractivity contribution is 0.102. The number of hydrogen-bond acceptors (Lipinski definition) is 7. The molecule has 0 aliphatic carbocycles. The smallest absolute Gasteiger partial charge is 0.258 e. The highest BCUT2D eigenvalue weighted by atomic mass is 32.2. The first-order valence-corrected chi connectivity index (χ1v) is 12.2. The van der Waals surface area contributed by atoms with E-state index in [2.05, 4.69) is 5.32 Å². The van der Waals surface area contributed by atoms with Crippen LogP contribution in [-0.4, -0.2) is 53.7 Å². The van der Waals surface area contributed by atoms with Crippen molar-refractivity contribution in [2.45, 2.75) is 16.6 Å². The molecule has 30 heavy (non-hydrogen) atoms. The maximum Gasteiger partial charge on any atom is 0.258 e. The molecule has 3 rings (SSSR count). The summed E-state index contributed by atoms with van der Waals surface area (Å²) in [5.41, 5.74) is -0.195. The quantitative estimate of drug-likeness (QED) is 0.660. The van der Waals surface area contributed by atoms with E-state index in [9.17, 15) is 26.0 Å². The molecule has 2 aromatic rings. The largest absolute Gasteiger partial charge is 0.493 e. The van der Waals surface area contributed by atoms with Crippen molar-refractivity contribution in [3.05, 3.63) is 47.8 Å². The fraction of sp³-hybridized carbons (Fsp3) is 0.316. The maximum absolute atomic E-state index is 14.3. The Balaban J connectivity index is 1.89. The summed E-state index contributed by atoms with van der Waals surface area (Å²) >= 11 is 0. The molecule has 0 radical (unpaired) electrons. The van der Waals surface area contributed by atoms with Gasteiger partial charge in [0, 0.05) is 11.8 Å². The van der Waals surface area contributed by atoms with E-state index in [1.165, 1.54) is 26.4 Å². The number of sulfone groups is 2. The van der Waals surface area contributed by atoms with E-state index in [0.717, 1.165) is 18.2 Å². The van der Waals surface area contributed by atoms with Gasteiger partial charge in [-0.15, -0.1) is 0 Å². The van der Waals surface area contributed by atoms with Crippen LogP contribution in [0.5, 0.6) is 11.5 Å². The molecule has 0 aromatic heterocycles. The van der Waals surface area contributed by atoms with Crippen LogP contribution in [0.3, 0.4) is 0 Å². The highest BCUT2D eigenvalue weighted by Crippen LogP contribution is 2.30. The van der Waals surface area contributed by atoms with Crippen LogP contribution in [0.15, 0.2) is 41.3 Å². The summed E-state index contributed by atoms with van der Waals surface area (Å²) in [5.74, 6) is -1.71. The molecule has 8 nitrogen and oxygen atoms in total. The standard InChI is InChI=1S/C19H20FNO7S2/c1-27-17-6-3-12(9-18(17)28-2)21-19(22)15-10-13(4-5-16(15)20)30(25,26)14-7-8-29(23,24)11-14/h3-6,9-10,14H,7-8,11H2,1-2H3,(H,21,22). The first-order chi connectivity index (χ1) is 14.1. The molecule has 1 aliphatic rings. The van der Waals surface area contributed by atoms with Crippen molar-refractivity contribution in [1.82, 2.24) is 0 Å². The lowest BCUT2D eigenvalue weighted by Crippen LogP contribution is -2.23. The van der Waals surface area contributed by atoms with Crippen LogP contribution in [0, 0.1) is 5.82 Å². The van der Waals surface area contributed by atoms with E-state index < -0.39 is 48.0 Å². The molecule has 1 heterocycles. The van der Waals surface area contributed by atoms with E-state index in [1.807, 2.05) is 0 Å². The van der Waals surface area contributed by atoms with Gasteiger partial charge in [-0.25, -0.2) is 21.2 Å². The third kappa shape index (κ3) is 4.41. The molecule has 1 aliphatic heterocycles. The number of benzene rings is 2. The Kier molecular flexibility index (Phi) is 6.04. The predicted octanol–water partition coefficient (Wildman–Crippen LogP) is 2.06. The number of rotatable bonds is 6. The third-order valence-corrected chi connectivity index (χ3v) is 8.95. The van der Waals surface area contributed by atoms with Gasteiger partial charge in [-0.1, -0.05) is 0 Å². The molecule has 2 aromatic carbocycles. The maximum atomic E-state index is 14.3. The van der Waals surface area contributed by atoms with Crippen molar-refractivity contribution in [3.8, 4) is 11.5 Å². The minimum atomic E-state index is -4.04. The summed E-state index contributed by atoms with van der Waals surface area (Å²) in [5, 5.41) is 1.37. The number of ether oxygens (including phenoxy) is 2. The molecule has 0 saturated carbocycles. The Labute approximate surface area is 173 Å². The number of nitrogens with one attached hydrogen (secondary N) is 1. The lowest BCUT2D eigenvalue weighted by atomic mass is 10.2. The average Bonchev–Trinajstić information content (AvgIpc) is 3.08. The van der Waals surface area contributed by atoms with Crippen molar-refractivity contribution in [2.75, 3.05) is 31.0 Å². The van der Waals surface area contributed by atoms with E-state index in [-0.39, 0.29) is 22.8 Å². The highest BCUT2D eigenvalue weighted by molar-refractivity contribution is 7.96. The molecule has 0 bridgehead atoms. The van der Waals surface area contributed by atoms with Crippen LogP contribution in [0.25, 0.3) is 0 Å². The fourth-order valence-electron chi connectivity index (χ4n) is 3.17. The Morgan fingerprint density at radius 1 is 1.10 bits per heavy atom. The van der Waals surface area contributed by atoms with Crippen LogP contribution in [0.4, 0.5) is 10.1 Å². The summed E-state index contributed by atoms with van der Waals surface area (Å²) in [6.07, 6.45) is -0.0325. The number of carbonyl (C=O) groups is 1. The van der Waals surface area contributed by atoms with Gasteiger partial charge in [0.25, 0.3) is 5.91 Å². The van der Waals surface area contributed by atoms with Gasteiger partial charge in [0.05, 0.1) is 41.4 Å². The Hall–Kier alpha value is -2.66. The van der Waals surface area contributed by atoms with Gasteiger partial charge in [0.1, 0.15) is 5.82 Å². The van der Waals surface area contributed by atoms with Gasteiger partial charge in [0.15, 0.2) is 31.2 Å². The number of carbonyl (C=O) groups excluding carboxylic acids is 1. The second-order valence-electron chi connectivity index (χ2n) is 6.74. The molecular weight excluding hydrogens is 437 g/mol. The molecule has 1 amide bonds. The van der Waals surface area contributed by atoms with Crippen molar-refractivity contribution in [3.63, 3.8) is 0 Å². The highest BCUT2D eigenvalue weighted by Gasteiger charge is 2.38. The number of hydrogen-bond donors (Lipinski definition) is 1. The first kappa shape index (κ1) is 22.0. The predicted molar refractivity (Wildman–Crippen MR) is 108 cm³/mol. The Morgan fingerprint density at radius 3 is 2.40 bits per heavy atom. The Morgan fingerprint density at radius 2 is 1.80 bits per heavy atom. The normalized spacial score (nSPS) is 18.0. The zero-order valence-electron chi connectivity index (χ0n) is 16.2. The van der Waals surface area contributed by atoms with Crippen molar-refractivity contribution in [1.29, 1.82) is 0 Å². The number of anilines is 1. The molecular formula is C19H20FNO7S2. The topological polar surface area (TPSA) is 116 Å². The number of halogens is 1. The van der Waals surface area contributed by atoms with Gasteiger partial charge < -0.3 is 14.8 Å². The van der Waals surface area contributed by atoms with Crippen molar-refractivity contribution < 1.29 is 35.5 Å². The third-order valence-electron chi connectivity index (χ3n) is 4.78. The van der Waals surface area contributed by atoms with Crippen molar-refractivity contribution in [2.24, 2.45) is 0 Å². The molecule has 0 spiro atoms. The van der Waals surface area contributed by atoms with Crippen LogP contribution < -0.4 is 14.8 Å². The summed E-state index contributed by atoms with van der Waals surface area (Å²) < 4.78 is 73.4. The van der Waals surface area contributed by atoms with Crippen LogP contribution in [0.2, 0.25) is 0 Å². The Bertz CT molecular complexity index is 1190. The first-order valence-electron chi connectivity index (χ1n) is 8.84. The molecule has 1 N–H and O–H groups in total. The number of amides is 1. The summed E-state index contributed by atoms with van der Waals surface area (Å²) in [7, 11) is -4.60.